The van der Waals surface area contributed by atoms with Crippen molar-refractivity contribution in [1.29, 1.82) is 0 Å². The largest absolute Gasteiger partial charge is 0.496 e. The fraction of sp³-hybridized carbons (Fsp3) is 0.409. The molecule has 172 valence electrons. The van der Waals surface area contributed by atoms with Crippen LogP contribution in [0.15, 0.2) is 34.1 Å². The average molecular weight is 461 g/mol. The number of aromatic nitrogens is 2. The van der Waals surface area contributed by atoms with Gasteiger partial charge < -0.3 is 23.9 Å². The first-order valence-corrected chi connectivity index (χ1v) is 11.1. The molecule has 0 unspecified atom stereocenters. The summed E-state index contributed by atoms with van der Waals surface area (Å²) >= 11 is 1.54. The molecule has 1 N–H and O–H groups in total. The van der Waals surface area contributed by atoms with Crippen molar-refractivity contribution in [2.75, 3.05) is 34.4 Å². The highest BCUT2D eigenvalue weighted by Gasteiger charge is 2.17. The second kappa shape index (κ2) is 11.5. The van der Waals surface area contributed by atoms with Crippen molar-refractivity contribution in [1.82, 2.24) is 20.4 Å². The molecule has 3 aromatic rings. The summed E-state index contributed by atoms with van der Waals surface area (Å²) < 4.78 is 21.8. The van der Waals surface area contributed by atoms with Gasteiger partial charge in [-0.2, -0.15) is 0 Å². The van der Waals surface area contributed by atoms with Crippen LogP contribution < -0.4 is 19.5 Å². The minimum absolute atomic E-state index is 0.117. The van der Waals surface area contributed by atoms with E-state index in [1.165, 1.54) is 0 Å². The predicted molar refractivity (Wildman–Crippen MR) is 121 cm³/mol. The number of carbonyl (C=O) groups excluding carboxylic acids is 1. The zero-order chi connectivity index (χ0) is 22.9. The highest BCUT2D eigenvalue weighted by atomic mass is 32.1. The molecule has 9 nitrogen and oxygen atoms in total. The smallest absolute Gasteiger partial charge is 0.257 e. The van der Waals surface area contributed by atoms with Gasteiger partial charge in [-0.05, 0) is 30.5 Å². The van der Waals surface area contributed by atoms with E-state index in [2.05, 4.69) is 22.4 Å². The van der Waals surface area contributed by atoms with Gasteiger partial charge in [-0.15, -0.1) is 21.5 Å². The molecule has 10 heteroatoms. The predicted octanol–water partition coefficient (Wildman–Crippen LogP) is 3.35. The molecule has 0 fully saturated rings. The molecular formula is C22H28N4O5S. The highest BCUT2D eigenvalue weighted by molar-refractivity contribution is 7.13. The molecule has 0 atom stereocenters. The van der Waals surface area contributed by atoms with Gasteiger partial charge in [-0.1, -0.05) is 13.0 Å². The Bertz CT molecular complexity index is 1010. The fourth-order valence-corrected chi connectivity index (χ4v) is 3.87. The standard InChI is InChI=1S/C22H28N4O5S/c1-5-8-26(14-21-24-25-22(31-21)19-7-6-9-32-19)13-20(27)23-12-15-10-17(29-3)18(30-4)11-16(15)28-2/h6-7,9-11H,5,8,12-14H2,1-4H3,(H,23,27). The number of benzene rings is 1. The van der Waals surface area contributed by atoms with E-state index < -0.39 is 0 Å². The molecule has 0 radical (unpaired) electrons. The molecular weight excluding hydrogens is 432 g/mol. The number of hydrogen-bond acceptors (Lipinski definition) is 9. The van der Waals surface area contributed by atoms with Crippen LogP contribution in [0.5, 0.6) is 17.2 Å². The Hall–Kier alpha value is -3.11. The van der Waals surface area contributed by atoms with E-state index in [9.17, 15) is 4.79 Å². The molecule has 1 aromatic carbocycles. The maximum absolute atomic E-state index is 12.6. The lowest BCUT2D eigenvalue weighted by molar-refractivity contribution is -0.122. The van der Waals surface area contributed by atoms with E-state index >= 15 is 0 Å². The molecule has 0 aliphatic heterocycles. The van der Waals surface area contributed by atoms with E-state index in [-0.39, 0.29) is 12.5 Å². The third-order valence-electron chi connectivity index (χ3n) is 4.73. The first kappa shape index (κ1) is 23.6. The van der Waals surface area contributed by atoms with Gasteiger partial charge in [0.1, 0.15) is 5.75 Å². The topological polar surface area (TPSA) is 99.0 Å². The maximum atomic E-state index is 12.6. The van der Waals surface area contributed by atoms with Crippen LogP contribution in [-0.2, 0) is 17.9 Å². The maximum Gasteiger partial charge on any atom is 0.257 e. The van der Waals surface area contributed by atoms with E-state index in [4.69, 9.17) is 18.6 Å². The van der Waals surface area contributed by atoms with Crippen LogP contribution in [0.1, 0.15) is 24.8 Å². The Morgan fingerprint density at radius 1 is 1.12 bits per heavy atom. The number of methoxy groups -OCH3 is 3. The number of amides is 1. The highest BCUT2D eigenvalue weighted by Crippen LogP contribution is 2.34. The molecule has 1 amide bonds. The Morgan fingerprint density at radius 2 is 1.88 bits per heavy atom. The summed E-state index contributed by atoms with van der Waals surface area (Å²) in [5.74, 6) is 2.61. The van der Waals surface area contributed by atoms with Crippen LogP contribution >= 0.6 is 11.3 Å². The lowest BCUT2D eigenvalue weighted by atomic mass is 10.1. The van der Waals surface area contributed by atoms with Crippen molar-refractivity contribution in [2.24, 2.45) is 0 Å². The van der Waals surface area contributed by atoms with Crippen molar-refractivity contribution in [2.45, 2.75) is 26.4 Å². The number of thiophene rings is 1. The van der Waals surface area contributed by atoms with Crippen molar-refractivity contribution >= 4 is 17.2 Å². The third-order valence-corrected chi connectivity index (χ3v) is 5.59. The van der Waals surface area contributed by atoms with Gasteiger partial charge >= 0.3 is 0 Å². The summed E-state index contributed by atoms with van der Waals surface area (Å²) in [6.45, 7) is 3.69. The molecule has 0 bridgehead atoms. The van der Waals surface area contributed by atoms with E-state index in [1.807, 2.05) is 22.4 Å². The summed E-state index contributed by atoms with van der Waals surface area (Å²) in [7, 11) is 4.70. The third kappa shape index (κ3) is 5.98. The SMILES string of the molecule is CCCN(CC(=O)NCc1cc(OC)c(OC)cc1OC)Cc1nnc(-c2cccs2)o1. The molecule has 0 aliphatic rings. The van der Waals surface area contributed by atoms with Crippen molar-refractivity contribution < 1.29 is 23.4 Å². The number of nitrogens with one attached hydrogen (secondary N) is 1. The zero-order valence-electron chi connectivity index (χ0n) is 18.7. The minimum atomic E-state index is -0.117. The molecule has 0 saturated carbocycles. The average Bonchev–Trinajstić information content (AvgIpc) is 3.49. The molecule has 0 spiro atoms. The van der Waals surface area contributed by atoms with Crippen molar-refractivity contribution in [3.05, 3.63) is 41.1 Å². The first-order chi connectivity index (χ1) is 15.6. The van der Waals surface area contributed by atoms with E-state index in [1.54, 1.807) is 44.8 Å². The molecule has 2 heterocycles. The Balaban J connectivity index is 1.61. The summed E-state index contributed by atoms with van der Waals surface area (Å²) in [5, 5.41) is 13.1. The summed E-state index contributed by atoms with van der Waals surface area (Å²) in [6.07, 6.45) is 0.892. The Labute approximate surface area is 191 Å². The minimum Gasteiger partial charge on any atom is -0.496 e. The van der Waals surface area contributed by atoms with Gasteiger partial charge in [0.2, 0.25) is 11.8 Å². The molecule has 2 aromatic heterocycles. The Kier molecular flexibility index (Phi) is 8.46. The van der Waals surface area contributed by atoms with Gasteiger partial charge in [0.05, 0.1) is 39.3 Å². The fourth-order valence-electron chi connectivity index (χ4n) is 3.22. The van der Waals surface area contributed by atoms with Crippen LogP contribution in [0.2, 0.25) is 0 Å². The molecule has 32 heavy (non-hydrogen) atoms. The number of carbonyl (C=O) groups is 1. The van der Waals surface area contributed by atoms with Crippen LogP contribution in [0.25, 0.3) is 10.8 Å². The lowest BCUT2D eigenvalue weighted by Crippen LogP contribution is -2.37. The monoisotopic (exact) mass is 460 g/mol. The summed E-state index contributed by atoms with van der Waals surface area (Å²) in [5.41, 5.74) is 0.790. The zero-order valence-corrected chi connectivity index (χ0v) is 19.5. The van der Waals surface area contributed by atoms with Crippen LogP contribution in [0.4, 0.5) is 0 Å². The number of rotatable bonds is 12. The first-order valence-electron chi connectivity index (χ1n) is 10.2. The summed E-state index contributed by atoms with van der Waals surface area (Å²) in [6, 6.07) is 7.41. The van der Waals surface area contributed by atoms with Gasteiger partial charge in [0, 0.05) is 18.2 Å². The van der Waals surface area contributed by atoms with Gasteiger partial charge in [0.15, 0.2) is 11.5 Å². The number of hydrogen-bond donors (Lipinski definition) is 1. The second-order valence-corrected chi connectivity index (χ2v) is 7.93. The molecule has 3 rings (SSSR count). The normalized spacial score (nSPS) is 10.9. The van der Waals surface area contributed by atoms with Gasteiger partial charge in [-0.25, -0.2) is 0 Å². The van der Waals surface area contributed by atoms with Crippen LogP contribution in [0.3, 0.4) is 0 Å². The van der Waals surface area contributed by atoms with Crippen molar-refractivity contribution in [3.8, 4) is 28.0 Å². The van der Waals surface area contributed by atoms with E-state index in [0.717, 1.165) is 23.4 Å². The summed E-state index contributed by atoms with van der Waals surface area (Å²) in [4.78, 5) is 15.5. The van der Waals surface area contributed by atoms with Gasteiger partial charge in [-0.3, -0.25) is 9.69 Å². The lowest BCUT2D eigenvalue weighted by Gasteiger charge is -2.19. The Morgan fingerprint density at radius 3 is 2.53 bits per heavy atom. The second-order valence-electron chi connectivity index (χ2n) is 6.98. The number of nitrogens with zero attached hydrogens (tertiary/aromatic N) is 3. The molecule has 0 saturated heterocycles. The van der Waals surface area contributed by atoms with Crippen LogP contribution in [-0.4, -0.2) is 55.4 Å². The van der Waals surface area contributed by atoms with E-state index in [0.29, 0.717) is 42.1 Å². The van der Waals surface area contributed by atoms with Crippen LogP contribution in [0, 0.1) is 0 Å². The number of ether oxygens (including phenoxy) is 3. The quantitative estimate of drug-likeness (QED) is 0.439. The van der Waals surface area contributed by atoms with Crippen molar-refractivity contribution in [3.63, 3.8) is 0 Å². The molecule has 0 aliphatic carbocycles. The van der Waals surface area contributed by atoms with Gasteiger partial charge in [0.25, 0.3) is 5.89 Å².